The number of hydroxylamine groups is 1. The maximum absolute atomic E-state index is 13.5. The van der Waals surface area contributed by atoms with Crippen molar-refractivity contribution in [2.75, 3.05) is 14.2 Å². The van der Waals surface area contributed by atoms with Gasteiger partial charge in [-0.1, -0.05) is 28.1 Å². The summed E-state index contributed by atoms with van der Waals surface area (Å²) in [6.45, 7) is -0.166. The lowest BCUT2D eigenvalue weighted by atomic mass is 10.1. The average Bonchev–Trinajstić information content (AvgIpc) is 2.79. The van der Waals surface area contributed by atoms with Gasteiger partial charge in [-0.3, -0.25) is 14.8 Å². The SMILES string of the molecule is COC(=O)CC[C@H](C(=O)NO)N(Cc1ccc(Br)cc1)S(=O)(=O)c1ccc(OC)cc1. The van der Waals surface area contributed by atoms with Crippen molar-refractivity contribution < 1.29 is 32.7 Å². The third kappa shape index (κ3) is 6.50. The minimum atomic E-state index is -4.20. The van der Waals surface area contributed by atoms with E-state index in [1.165, 1.54) is 44.0 Å². The Morgan fingerprint density at radius 2 is 1.71 bits per heavy atom. The summed E-state index contributed by atoms with van der Waals surface area (Å²) in [5.41, 5.74) is 2.10. The van der Waals surface area contributed by atoms with Crippen LogP contribution in [-0.4, -0.2) is 50.1 Å². The van der Waals surface area contributed by atoms with Crippen LogP contribution in [0.1, 0.15) is 18.4 Å². The molecule has 2 aromatic carbocycles. The molecule has 2 N–H and O–H groups in total. The first-order valence-corrected chi connectivity index (χ1v) is 11.4. The molecule has 168 valence electrons. The van der Waals surface area contributed by atoms with Crippen molar-refractivity contribution in [1.29, 1.82) is 0 Å². The van der Waals surface area contributed by atoms with Gasteiger partial charge in [0.15, 0.2) is 0 Å². The lowest BCUT2D eigenvalue weighted by Gasteiger charge is -2.29. The highest BCUT2D eigenvalue weighted by Gasteiger charge is 2.36. The minimum Gasteiger partial charge on any atom is -0.497 e. The summed E-state index contributed by atoms with van der Waals surface area (Å²) < 4.78 is 38.4. The molecule has 0 saturated carbocycles. The van der Waals surface area contributed by atoms with E-state index in [0.717, 1.165) is 8.78 Å². The number of ether oxygens (including phenoxy) is 2. The maximum Gasteiger partial charge on any atom is 0.305 e. The molecule has 2 aromatic rings. The Balaban J connectivity index is 2.51. The average molecular weight is 515 g/mol. The fourth-order valence-corrected chi connectivity index (χ4v) is 4.72. The molecule has 1 amide bonds. The summed E-state index contributed by atoms with van der Waals surface area (Å²) in [5.74, 6) is -1.10. The van der Waals surface area contributed by atoms with Crippen molar-refractivity contribution in [3.63, 3.8) is 0 Å². The Morgan fingerprint density at radius 1 is 1.10 bits per heavy atom. The standard InChI is InChI=1S/C20H23BrN2O7S/c1-29-16-7-9-17(10-8-16)31(27,28)23(13-14-3-5-15(21)6-4-14)18(20(25)22-26)11-12-19(24)30-2/h3-10,18,26H,11-13H2,1-2H3,(H,22,25)/t18-/m1/s1. The van der Waals surface area contributed by atoms with Crippen molar-refractivity contribution in [2.45, 2.75) is 30.3 Å². The summed E-state index contributed by atoms with van der Waals surface area (Å²) >= 11 is 3.32. The van der Waals surface area contributed by atoms with Crippen molar-refractivity contribution in [2.24, 2.45) is 0 Å². The van der Waals surface area contributed by atoms with Gasteiger partial charge >= 0.3 is 5.97 Å². The lowest BCUT2D eigenvalue weighted by molar-refractivity contribution is -0.141. The van der Waals surface area contributed by atoms with Gasteiger partial charge in [0.25, 0.3) is 5.91 Å². The molecule has 0 aliphatic carbocycles. The molecule has 0 unspecified atom stereocenters. The zero-order valence-corrected chi connectivity index (χ0v) is 19.4. The Morgan fingerprint density at radius 3 is 2.23 bits per heavy atom. The molecule has 2 rings (SSSR count). The topological polar surface area (TPSA) is 122 Å². The second-order valence-electron chi connectivity index (χ2n) is 6.46. The predicted octanol–water partition coefficient (Wildman–Crippen LogP) is 2.48. The molecule has 0 spiro atoms. The molecule has 0 fully saturated rings. The van der Waals surface area contributed by atoms with Gasteiger partial charge in [-0.2, -0.15) is 4.31 Å². The van der Waals surface area contributed by atoms with E-state index in [-0.39, 0.29) is 24.3 Å². The van der Waals surface area contributed by atoms with Gasteiger partial charge < -0.3 is 9.47 Å². The number of carbonyl (C=O) groups is 2. The van der Waals surface area contributed by atoms with E-state index in [1.54, 1.807) is 24.3 Å². The van der Waals surface area contributed by atoms with Gasteiger partial charge in [0.05, 0.1) is 19.1 Å². The first kappa shape index (κ1) is 24.8. The molecule has 0 heterocycles. The predicted molar refractivity (Wildman–Crippen MR) is 115 cm³/mol. The Hall–Kier alpha value is -2.47. The molecule has 0 bridgehead atoms. The number of halogens is 1. The number of nitrogens with one attached hydrogen (secondary N) is 1. The van der Waals surface area contributed by atoms with Gasteiger partial charge in [-0.25, -0.2) is 13.9 Å². The Labute approximate surface area is 189 Å². The molecule has 0 aromatic heterocycles. The highest BCUT2D eigenvalue weighted by molar-refractivity contribution is 9.10. The number of benzene rings is 2. The van der Waals surface area contributed by atoms with E-state index >= 15 is 0 Å². The smallest absolute Gasteiger partial charge is 0.305 e. The van der Waals surface area contributed by atoms with Gasteiger partial charge in [0.2, 0.25) is 10.0 Å². The maximum atomic E-state index is 13.5. The van der Waals surface area contributed by atoms with Crippen LogP contribution >= 0.6 is 15.9 Å². The first-order chi connectivity index (χ1) is 14.7. The van der Waals surface area contributed by atoms with Crippen molar-refractivity contribution >= 4 is 37.8 Å². The number of hydrogen-bond acceptors (Lipinski definition) is 7. The number of methoxy groups -OCH3 is 2. The van der Waals surface area contributed by atoms with E-state index in [0.29, 0.717) is 11.3 Å². The zero-order valence-electron chi connectivity index (χ0n) is 16.9. The first-order valence-electron chi connectivity index (χ1n) is 9.14. The number of amides is 1. The van der Waals surface area contributed by atoms with Crippen LogP contribution in [0.2, 0.25) is 0 Å². The third-order valence-electron chi connectivity index (χ3n) is 4.53. The largest absolute Gasteiger partial charge is 0.497 e. The highest BCUT2D eigenvalue weighted by atomic mass is 79.9. The minimum absolute atomic E-state index is 0.0702. The second-order valence-corrected chi connectivity index (χ2v) is 9.27. The quantitative estimate of drug-likeness (QED) is 0.283. The summed E-state index contributed by atoms with van der Waals surface area (Å²) in [6, 6.07) is 11.2. The molecule has 1 atom stereocenters. The lowest BCUT2D eigenvalue weighted by Crippen LogP contribution is -2.48. The van der Waals surface area contributed by atoms with E-state index < -0.39 is 27.9 Å². The van der Waals surface area contributed by atoms with E-state index in [2.05, 4.69) is 20.7 Å². The van der Waals surface area contributed by atoms with Gasteiger partial charge in [-0.05, 0) is 48.4 Å². The van der Waals surface area contributed by atoms with Crippen LogP contribution in [0.15, 0.2) is 57.9 Å². The number of sulfonamides is 1. The van der Waals surface area contributed by atoms with Gasteiger partial charge in [0, 0.05) is 17.4 Å². The summed E-state index contributed by atoms with van der Waals surface area (Å²) in [6.07, 6.45) is -0.408. The van der Waals surface area contributed by atoms with Gasteiger partial charge in [-0.15, -0.1) is 0 Å². The van der Waals surface area contributed by atoms with Crippen LogP contribution in [0.5, 0.6) is 5.75 Å². The molecule has 9 nitrogen and oxygen atoms in total. The molecular formula is C20H23BrN2O7S. The summed E-state index contributed by atoms with van der Waals surface area (Å²) in [7, 11) is -1.55. The molecule has 11 heteroatoms. The number of hydrogen-bond donors (Lipinski definition) is 2. The molecule has 31 heavy (non-hydrogen) atoms. The zero-order chi connectivity index (χ0) is 23.0. The molecule has 0 aliphatic rings. The van der Waals surface area contributed by atoms with Crippen molar-refractivity contribution in [3.8, 4) is 5.75 Å². The van der Waals surface area contributed by atoms with Crippen LogP contribution < -0.4 is 10.2 Å². The number of carbonyl (C=O) groups excluding carboxylic acids is 2. The number of rotatable bonds is 10. The summed E-state index contributed by atoms with van der Waals surface area (Å²) in [5, 5.41) is 9.22. The monoisotopic (exact) mass is 514 g/mol. The molecule has 0 saturated heterocycles. The third-order valence-corrected chi connectivity index (χ3v) is 6.93. The summed E-state index contributed by atoms with van der Waals surface area (Å²) in [4.78, 5) is 24.0. The normalized spacial score (nSPS) is 12.3. The van der Waals surface area contributed by atoms with Crippen LogP contribution in [0.4, 0.5) is 0 Å². The molecular weight excluding hydrogens is 492 g/mol. The fourth-order valence-electron chi connectivity index (χ4n) is 2.85. The van der Waals surface area contributed by atoms with Crippen LogP contribution in [0, 0.1) is 0 Å². The van der Waals surface area contributed by atoms with Crippen molar-refractivity contribution in [3.05, 3.63) is 58.6 Å². The fraction of sp³-hybridized carbons (Fsp3) is 0.300. The second kappa shape index (κ2) is 11.2. The Kier molecular flexibility index (Phi) is 8.99. The highest BCUT2D eigenvalue weighted by Crippen LogP contribution is 2.26. The van der Waals surface area contributed by atoms with E-state index in [9.17, 15) is 23.2 Å². The molecule has 0 radical (unpaired) electrons. The van der Waals surface area contributed by atoms with Crippen LogP contribution in [0.3, 0.4) is 0 Å². The Bertz CT molecular complexity index is 995. The van der Waals surface area contributed by atoms with E-state index in [1.807, 2.05) is 0 Å². The number of esters is 1. The van der Waals surface area contributed by atoms with Crippen molar-refractivity contribution in [1.82, 2.24) is 9.79 Å². The van der Waals surface area contributed by atoms with Crippen LogP contribution in [-0.2, 0) is 30.9 Å². The molecule has 0 aliphatic heterocycles. The van der Waals surface area contributed by atoms with E-state index in [4.69, 9.17) is 4.74 Å². The van der Waals surface area contributed by atoms with Gasteiger partial charge in [0.1, 0.15) is 11.8 Å². The number of nitrogens with zero attached hydrogens (tertiary/aromatic N) is 1. The van der Waals surface area contributed by atoms with Crippen LogP contribution in [0.25, 0.3) is 0 Å².